The number of pyridine rings is 1. The Morgan fingerprint density at radius 3 is 2.61 bits per heavy atom. The Labute approximate surface area is 191 Å². The van der Waals surface area contributed by atoms with Crippen LogP contribution in [-0.2, 0) is 6.54 Å². The third-order valence-electron chi connectivity index (χ3n) is 6.77. The van der Waals surface area contributed by atoms with Gasteiger partial charge >= 0.3 is 0 Å². The molecule has 2 aliphatic rings. The highest BCUT2D eigenvalue weighted by atomic mass is 19.3. The van der Waals surface area contributed by atoms with Crippen molar-refractivity contribution in [2.75, 3.05) is 18.4 Å². The number of aryl methyl sites for hydroxylation is 1. The molecule has 0 atom stereocenters. The van der Waals surface area contributed by atoms with E-state index in [-0.39, 0.29) is 17.2 Å². The molecule has 8 heteroatoms. The van der Waals surface area contributed by atoms with Crippen LogP contribution in [0.4, 0.5) is 14.6 Å². The Morgan fingerprint density at radius 1 is 1.24 bits per heavy atom. The number of hydrogen-bond acceptors (Lipinski definition) is 5. The van der Waals surface area contributed by atoms with Gasteiger partial charge in [-0.15, -0.1) is 12.8 Å². The number of halogens is 2. The summed E-state index contributed by atoms with van der Waals surface area (Å²) >= 11 is 0. The van der Waals surface area contributed by atoms with Crippen LogP contribution in [-0.4, -0.2) is 27.6 Å². The molecule has 0 radical (unpaired) electrons. The highest BCUT2D eigenvalue weighted by Gasteiger charge is 2.49. The van der Waals surface area contributed by atoms with E-state index in [1.165, 1.54) is 6.07 Å². The number of benzene rings is 1. The second kappa shape index (κ2) is 8.91. The molecule has 0 unspecified atom stereocenters. The molecule has 1 spiro atoms. The summed E-state index contributed by atoms with van der Waals surface area (Å²) in [6, 6.07) is 6.70. The molecular weight excluding hydrogens is 424 g/mol. The van der Waals surface area contributed by atoms with Crippen molar-refractivity contribution in [3.05, 3.63) is 63.3 Å². The summed E-state index contributed by atoms with van der Waals surface area (Å²) in [6.45, 7) is 5.89. The van der Waals surface area contributed by atoms with Crippen molar-refractivity contribution in [3.8, 4) is 12.8 Å². The maximum atomic E-state index is 13.2. The van der Waals surface area contributed by atoms with Gasteiger partial charge in [0, 0.05) is 43.5 Å². The lowest BCUT2D eigenvalue weighted by Crippen LogP contribution is -2.61. The predicted octanol–water partition coefficient (Wildman–Crippen LogP) is 4.13. The van der Waals surface area contributed by atoms with Gasteiger partial charge in [-0.1, -0.05) is 18.2 Å². The molecule has 3 aromatic rings. The number of fused-ring (bicyclic) bond motifs is 1. The highest BCUT2D eigenvalue weighted by Crippen LogP contribution is 2.50. The molecule has 33 heavy (non-hydrogen) atoms. The zero-order valence-corrected chi connectivity index (χ0v) is 18.7. The smallest absolute Gasteiger partial charge is 0.264 e. The monoisotopic (exact) mass is 451 g/mol. The van der Waals surface area contributed by atoms with Crippen molar-refractivity contribution in [1.82, 2.24) is 19.9 Å². The molecule has 1 saturated carbocycles. The average Bonchev–Trinajstić information content (AvgIpc) is 2.72. The Bertz CT molecular complexity index is 1250. The standard InChI is InChI=1S/C23H25F2N5O.C2H2/c1-13-15(4-3-5-17(13)21(24)25)9-27-22-18-10-30(16-7-23(8-16)11-26-12-23)20(31)6-19(18)28-14(2)29-22;1-2/h3-6,10,16,21,26H,7-9,11-12H2,1-2H3,(H,27,28,29);1-2H. The van der Waals surface area contributed by atoms with Crippen LogP contribution in [0.2, 0.25) is 0 Å². The molecule has 2 N–H and O–H groups in total. The normalized spacial score (nSPS) is 16.7. The van der Waals surface area contributed by atoms with Gasteiger partial charge in [-0.25, -0.2) is 18.7 Å². The van der Waals surface area contributed by atoms with E-state index in [1.807, 2.05) is 12.3 Å². The first-order valence-corrected chi connectivity index (χ1v) is 10.9. The van der Waals surface area contributed by atoms with Crippen molar-refractivity contribution < 1.29 is 8.78 Å². The number of nitrogens with zero attached hydrogens (tertiary/aromatic N) is 3. The zero-order valence-electron chi connectivity index (χ0n) is 18.7. The van der Waals surface area contributed by atoms with Crippen molar-refractivity contribution in [2.24, 2.45) is 5.41 Å². The molecule has 6 nitrogen and oxygen atoms in total. The first-order valence-electron chi connectivity index (χ1n) is 10.9. The summed E-state index contributed by atoms with van der Waals surface area (Å²) in [4.78, 5) is 21.7. The Kier molecular flexibility index (Phi) is 6.17. The fraction of sp³-hybridized carbons (Fsp3) is 0.400. The zero-order chi connectivity index (χ0) is 23.8. The largest absolute Gasteiger partial charge is 0.365 e. The molecule has 5 rings (SSSR count). The molecule has 2 aromatic heterocycles. The second-order valence-electron chi connectivity index (χ2n) is 8.89. The van der Waals surface area contributed by atoms with E-state index in [0.717, 1.165) is 36.9 Å². The summed E-state index contributed by atoms with van der Waals surface area (Å²) in [5.74, 6) is 1.16. The maximum absolute atomic E-state index is 13.2. The number of rotatable bonds is 5. The van der Waals surface area contributed by atoms with Gasteiger partial charge in [-0.05, 0) is 43.2 Å². The summed E-state index contributed by atoms with van der Waals surface area (Å²) in [5, 5.41) is 7.37. The molecule has 1 aliphatic heterocycles. The molecule has 0 bridgehead atoms. The van der Waals surface area contributed by atoms with Crippen molar-refractivity contribution in [1.29, 1.82) is 0 Å². The van der Waals surface area contributed by atoms with E-state index >= 15 is 0 Å². The molecule has 172 valence electrons. The molecule has 1 aliphatic carbocycles. The third-order valence-corrected chi connectivity index (χ3v) is 6.77. The molecule has 1 aromatic carbocycles. The third kappa shape index (κ3) is 4.21. The van der Waals surface area contributed by atoms with E-state index in [4.69, 9.17) is 0 Å². The van der Waals surface area contributed by atoms with Crippen molar-refractivity contribution in [3.63, 3.8) is 0 Å². The van der Waals surface area contributed by atoms with Crippen molar-refractivity contribution >= 4 is 16.7 Å². The van der Waals surface area contributed by atoms with Gasteiger partial charge in [-0.2, -0.15) is 0 Å². The Hall–Kier alpha value is -3.31. The summed E-state index contributed by atoms with van der Waals surface area (Å²) in [5.41, 5.74) is 2.30. The van der Waals surface area contributed by atoms with Crippen LogP contribution in [0.15, 0.2) is 35.3 Å². The van der Waals surface area contributed by atoms with E-state index < -0.39 is 6.43 Å². The molecule has 2 fully saturated rings. The van der Waals surface area contributed by atoms with Crippen LogP contribution in [0.3, 0.4) is 0 Å². The van der Waals surface area contributed by atoms with E-state index in [0.29, 0.717) is 34.7 Å². The topological polar surface area (TPSA) is 71.8 Å². The fourth-order valence-corrected chi connectivity index (χ4v) is 4.87. The van der Waals surface area contributed by atoms with Gasteiger partial charge in [0.15, 0.2) is 0 Å². The number of aromatic nitrogens is 3. The van der Waals surface area contributed by atoms with E-state index in [1.54, 1.807) is 30.5 Å². The van der Waals surface area contributed by atoms with Crippen LogP contribution in [0.1, 0.15) is 47.8 Å². The highest BCUT2D eigenvalue weighted by molar-refractivity contribution is 5.88. The number of alkyl halides is 2. The minimum absolute atomic E-state index is 0.0428. The minimum atomic E-state index is -2.51. The molecular formula is C25H27F2N5O. The van der Waals surface area contributed by atoms with Crippen LogP contribution < -0.4 is 16.2 Å². The van der Waals surface area contributed by atoms with Gasteiger partial charge in [0.05, 0.1) is 10.9 Å². The van der Waals surface area contributed by atoms with Gasteiger partial charge in [0.1, 0.15) is 11.6 Å². The van der Waals surface area contributed by atoms with E-state index in [2.05, 4.69) is 33.4 Å². The van der Waals surface area contributed by atoms with Gasteiger partial charge < -0.3 is 15.2 Å². The first-order chi connectivity index (χ1) is 15.8. The average molecular weight is 452 g/mol. The fourth-order valence-electron chi connectivity index (χ4n) is 4.87. The van der Waals surface area contributed by atoms with Crippen molar-refractivity contribution in [2.45, 2.75) is 45.7 Å². The predicted molar refractivity (Wildman–Crippen MR) is 125 cm³/mol. The first kappa shape index (κ1) is 22.9. The quantitative estimate of drug-likeness (QED) is 0.571. The summed E-state index contributed by atoms with van der Waals surface area (Å²) in [6.07, 6.45) is 9.35. The molecule has 3 heterocycles. The van der Waals surface area contributed by atoms with Gasteiger partial charge in [-0.3, -0.25) is 4.79 Å². The number of anilines is 1. The minimum Gasteiger partial charge on any atom is -0.365 e. The number of terminal acetylenes is 1. The number of hydrogen-bond donors (Lipinski definition) is 2. The summed E-state index contributed by atoms with van der Waals surface area (Å²) < 4.78 is 28.3. The van der Waals surface area contributed by atoms with Gasteiger partial charge in [0.2, 0.25) is 0 Å². The summed E-state index contributed by atoms with van der Waals surface area (Å²) in [7, 11) is 0. The lowest BCUT2D eigenvalue weighted by atomic mass is 9.61. The van der Waals surface area contributed by atoms with Gasteiger partial charge in [0.25, 0.3) is 12.0 Å². The second-order valence-corrected chi connectivity index (χ2v) is 8.89. The SMILES string of the molecule is C#C.Cc1nc(NCc2cccc(C(F)F)c2C)c2cn(C3CC4(CNC4)C3)c(=O)cc2n1. The van der Waals surface area contributed by atoms with Crippen LogP contribution in [0, 0.1) is 32.1 Å². The molecule has 1 saturated heterocycles. The lowest BCUT2D eigenvalue weighted by Gasteiger charge is -2.54. The van der Waals surface area contributed by atoms with Crippen LogP contribution in [0.5, 0.6) is 0 Å². The van der Waals surface area contributed by atoms with E-state index in [9.17, 15) is 13.6 Å². The number of nitrogens with one attached hydrogen (secondary N) is 2. The Morgan fingerprint density at radius 2 is 1.97 bits per heavy atom. The van der Waals surface area contributed by atoms with Crippen LogP contribution >= 0.6 is 0 Å². The Balaban J connectivity index is 0.00000126. The maximum Gasteiger partial charge on any atom is 0.264 e. The molecule has 0 amide bonds. The lowest BCUT2D eigenvalue weighted by molar-refractivity contribution is 0.00626. The van der Waals surface area contributed by atoms with Crippen LogP contribution in [0.25, 0.3) is 10.9 Å².